The highest BCUT2D eigenvalue weighted by Gasteiger charge is 2.52. The number of rotatable bonds is 9. The molecule has 0 spiro atoms. The topological polar surface area (TPSA) is 53.5 Å². The molecule has 5 heteroatoms. The zero-order chi connectivity index (χ0) is 22.7. The van der Waals surface area contributed by atoms with Gasteiger partial charge in [-0.05, 0) is 54.7 Å². The molecule has 0 bridgehead atoms. The number of ether oxygens (including phenoxy) is 1. The van der Waals surface area contributed by atoms with Crippen molar-refractivity contribution in [2.24, 2.45) is 11.8 Å². The standard InChI is InChI=1S/C27H33FN2O2/c1-17(19-9-6-4-5-7-10-19)30-27-23(18(2)29-13-14-31)15-20(16-24(27)32-3)21-11-8-12-22-25(21)26(22)28/h4,6-12,15-18,22,25-26,29-31H,5,13-14H2,1-3H3. The summed E-state index contributed by atoms with van der Waals surface area (Å²) in [6.07, 6.45) is 16.7. The highest BCUT2D eigenvalue weighted by molar-refractivity contribution is 5.79. The van der Waals surface area contributed by atoms with Crippen molar-refractivity contribution in [2.75, 3.05) is 25.6 Å². The number of aliphatic hydroxyl groups excluding tert-OH is 1. The lowest BCUT2D eigenvalue weighted by Gasteiger charge is -2.26. The maximum atomic E-state index is 14.3. The van der Waals surface area contributed by atoms with Gasteiger partial charge in [-0.3, -0.25) is 0 Å². The molecule has 1 saturated carbocycles. The molecule has 0 radical (unpaired) electrons. The van der Waals surface area contributed by atoms with E-state index < -0.39 is 6.17 Å². The second-order valence-corrected chi connectivity index (χ2v) is 8.70. The Morgan fingerprint density at radius 1 is 1.16 bits per heavy atom. The van der Waals surface area contributed by atoms with E-state index in [1.54, 1.807) is 7.11 Å². The average Bonchev–Trinajstić information content (AvgIpc) is 3.55. The largest absolute Gasteiger partial charge is 0.495 e. The average molecular weight is 437 g/mol. The number of fused-ring (bicyclic) bond motifs is 1. The van der Waals surface area contributed by atoms with E-state index in [4.69, 9.17) is 4.74 Å². The van der Waals surface area contributed by atoms with E-state index in [1.165, 1.54) is 5.57 Å². The summed E-state index contributed by atoms with van der Waals surface area (Å²) in [7, 11) is 1.67. The summed E-state index contributed by atoms with van der Waals surface area (Å²) in [5.74, 6) is 0.664. The first-order valence-corrected chi connectivity index (χ1v) is 11.4. The molecule has 3 N–H and O–H groups in total. The van der Waals surface area contributed by atoms with E-state index in [1.807, 2.05) is 24.3 Å². The number of allylic oxidation sites excluding steroid dienone is 8. The molecule has 170 valence electrons. The first-order valence-electron chi connectivity index (χ1n) is 11.4. The third kappa shape index (κ3) is 4.59. The molecule has 4 nitrogen and oxygen atoms in total. The van der Waals surface area contributed by atoms with Gasteiger partial charge < -0.3 is 20.5 Å². The number of benzene rings is 1. The van der Waals surface area contributed by atoms with Crippen LogP contribution in [0.4, 0.5) is 10.1 Å². The van der Waals surface area contributed by atoms with E-state index in [0.717, 1.165) is 34.6 Å². The van der Waals surface area contributed by atoms with Crippen molar-refractivity contribution in [3.63, 3.8) is 0 Å². The molecule has 0 saturated heterocycles. The highest BCUT2D eigenvalue weighted by Crippen LogP contribution is 2.54. The summed E-state index contributed by atoms with van der Waals surface area (Å²) in [5.41, 5.74) is 5.16. The van der Waals surface area contributed by atoms with Gasteiger partial charge in [0, 0.05) is 30.5 Å². The second-order valence-electron chi connectivity index (χ2n) is 8.70. The third-order valence-corrected chi connectivity index (χ3v) is 6.54. The van der Waals surface area contributed by atoms with Gasteiger partial charge in [0.05, 0.1) is 19.4 Å². The fourth-order valence-electron chi connectivity index (χ4n) is 4.62. The van der Waals surface area contributed by atoms with Gasteiger partial charge in [-0.25, -0.2) is 4.39 Å². The number of nitrogens with one attached hydrogen (secondary N) is 2. The van der Waals surface area contributed by atoms with Crippen molar-refractivity contribution in [2.45, 2.75) is 38.5 Å². The van der Waals surface area contributed by atoms with Crippen LogP contribution in [0, 0.1) is 11.8 Å². The molecule has 1 fully saturated rings. The number of methoxy groups -OCH3 is 1. The first kappa shape index (κ1) is 22.6. The normalized spacial score (nSPS) is 25.3. The van der Waals surface area contributed by atoms with E-state index in [-0.39, 0.29) is 30.5 Å². The molecule has 1 aromatic rings. The lowest BCUT2D eigenvalue weighted by Crippen LogP contribution is -2.25. The summed E-state index contributed by atoms with van der Waals surface area (Å²) in [6.45, 7) is 4.76. The zero-order valence-electron chi connectivity index (χ0n) is 19.0. The minimum absolute atomic E-state index is 0.00535. The maximum absolute atomic E-state index is 14.3. The van der Waals surface area contributed by atoms with Crippen LogP contribution in [0.5, 0.6) is 5.75 Å². The summed E-state index contributed by atoms with van der Waals surface area (Å²) < 4.78 is 20.2. The number of alkyl halides is 1. The number of aliphatic hydroxyl groups is 1. The van der Waals surface area contributed by atoms with Crippen LogP contribution in [-0.2, 0) is 0 Å². The molecule has 4 rings (SSSR count). The number of hydrogen-bond acceptors (Lipinski definition) is 4. The van der Waals surface area contributed by atoms with Gasteiger partial charge in [-0.2, -0.15) is 0 Å². The minimum atomic E-state index is -0.806. The van der Waals surface area contributed by atoms with Crippen LogP contribution in [0.3, 0.4) is 0 Å². The number of anilines is 1. The molecule has 5 unspecified atom stereocenters. The van der Waals surface area contributed by atoms with Crippen LogP contribution in [0.15, 0.2) is 66.3 Å². The Morgan fingerprint density at radius 2 is 2.00 bits per heavy atom. The summed E-state index contributed by atoms with van der Waals surface area (Å²) in [4.78, 5) is 0. The van der Waals surface area contributed by atoms with Gasteiger partial charge in [0.1, 0.15) is 11.9 Å². The zero-order valence-corrected chi connectivity index (χ0v) is 19.0. The summed E-state index contributed by atoms with van der Waals surface area (Å²) in [5, 5.41) is 16.3. The Morgan fingerprint density at radius 3 is 2.78 bits per heavy atom. The van der Waals surface area contributed by atoms with Crippen molar-refractivity contribution < 1.29 is 14.2 Å². The van der Waals surface area contributed by atoms with Gasteiger partial charge in [0.2, 0.25) is 0 Å². The van der Waals surface area contributed by atoms with Crippen LogP contribution < -0.4 is 15.4 Å². The molecule has 3 aliphatic carbocycles. The molecule has 0 aromatic heterocycles. The van der Waals surface area contributed by atoms with Crippen LogP contribution in [0.1, 0.15) is 37.4 Å². The van der Waals surface area contributed by atoms with E-state index >= 15 is 0 Å². The molecule has 0 heterocycles. The maximum Gasteiger partial charge on any atom is 0.142 e. The SMILES string of the molecule is COc1cc(C2=CC=CC3C(F)C23)cc(C(C)NCCO)c1NC(C)C1=CC=CCC=C1. The second kappa shape index (κ2) is 9.88. The van der Waals surface area contributed by atoms with Crippen molar-refractivity contribution in [3.05, 3.63) is 77.4 Å². The van der Waals surface area contributed by atoms with Gasteiger partial charge in [-0.15, -0.1) is 0 Å². The van der Waals surface area contributed by atoms with Crippen LogP contribution in [-0.4, -0.2) is 37.6 Å². The predicted molar refractivity (Wildman–Crippen MR) is 130 cm³/mol. The van der Waals surface area contributed by atoms with E-state index in [0.29, 0.717) is 6.54 Å². The highest BCUT2D eigenvalue weighted by atomic mass is 19.1. The summed E-state index contributed by atoms with van der Waals surface area (Å²) in [6, 6.07) is 4.19. The lowest BCUT2D eigenvalue weighted by molar-refractivity contribution is 0.286. The van der Waals surface area contributed by atoms with Crippen molar-refractivity contribution in [1.29, 1.82) is 0 Å². The number of halogens is 1. The Balaban J connectivity index is 1.72. The molecule has 5 atom stereocenters. The van der Waals surface area contributed by atoms with Gasteiger partial charge in [-0.1, -0.05) is 48.6 Å². The molecular weight excluding hydrogens is 403 g/mol. The first-order chi connectivity index (χ1) is 15.5. The van der Waals surface area contributed by atoms with Crippen molar-refractivity contribution in [1.82, 2.24) is 5.32 Å². The molecular formula is C27H33FN2O2. The molecule has 32 heavy (non-hydrogen) atoms. The fourth-order valence-corrected chi connectivity index (χ4v) is 4.62. The lowest BCUT2D eigenvalue weighted by atomic mass is 9.92. The molecule has 0 amide bonds. The monoisotopic (exact) mass is 436 g/mol. The molecule has 1 aromatic carbocycles. The van der Waals surface area contributed by atoms with Crippen molar-refractivity contribution in [3.8, 4) is 5.75 Å². The minimum Gasteiger partial charge on any atom is -0.495 e. The third-order valence-electron chi connectivity index (χ3n) is 6.54. The van der Waals surface area contributed by atoms with Gasteiger partial charge in [0.15, 0.2) is 0 Å². The van der Waals surface area contributed by atoms with Crippen LogP contribution >= 0.6 is 0 Å². The van der Waals surface area contributed by atoms with Crippen molar-refractivity contribution >= 4 is 11.3 Å². The Kier molecular flexibility index (Phi) is 6.97. The Labute approximate surface area is 190 Å². The molecule has 0 aliphatic heterocycles. The smallest absolute Gasteiger partial charge is 0.142 e. The Bertz CT molecular complexity index is 992. The predicted octanol–water partition coefficient (Wildman–Crippen LogP) is 5.12. The van der Waals surface area contributed by atoms with E-state index in [2.05, 4.69) is 60.9 Å². The van der Waals surface area contributed by atoms with E-state index in [9.17, 15) is 9.50 Å². The van der Waals surface area contributed by atoms with Crippen LogP contribution in [0.25, 0.3) is 5.57 Å². The quantitative estimate of drug-likeness (QED) is 0.503. The molecule has 3 aliphatic rings. The van der Waals surface area contributed by atoms with Crippen LogP contribution in [0.2, 0.25) is 0 Å². The van der Waals surface area contributed by atoms with Gasteiger partial charge >= 0.3 is 0 Å². The number of hydrogen-bond donors (Lipinski definition) is 3. The Hall–Kier alpha value is -2.63. The fraction of sp³-hybridized carbons (Fsp3) is 0.407. The summed E-state index contributed by atoms with van der Waals surface area (Å²) >= 11 is 0. The van der Waals surface area contributed by atoms with Gasteiger partial charge in [0.25, 0.3) is 0 Å².